The van der Waals surface area contributed by atoms with Crippen molar-refractivity contribution < 1.29 is 0 Å². The van der Waals surface area contributed by atoms with Crippen LogP contribution in [0.2, 0.25) is 0 Å². The van der Waals surface area contributed by atoms with E-state index in [-0.39, 0.29) is 5.41 Å². The van der Waals surface area contributed by atoms with E-state index in [1.54, 1.807) is 12.5 Å². The van der Waals surface area contributed by atoms with Crippen LogP contribution in [0.15, 0.2) is 36.8 Å². The Morgan fingerprint density at radius 1 is 1.20 bits per heavy atom. The largest absolute Gasteiger partial charge is 0.368 e. The first-order chi connectivity index (χ1) is 12.0. The molecule has 1 aliphatic rings. The van der Waals surface area contributed by atoms with Gasteiger partial charge in [-0.2, -0.15) is 0 Å². The average Bonchev–Trinajstić information content (AvgIpc) is 2.60. The number of anilines is 1. The number of nitrogens with one attached hydrogen (secondary N) is 1. The van der Waals surface area contributed by atoms with Gasteiger partial charge in [-0.05, 0) is 23.0 Å². The second kappa shape index (κ2) is 7.67. The van der Waals surface area contributed by atoms with Crippen LogP contribution in [0.25, 0.3) is 0 Å². The zero-order valence-electron chi connectivity index (χ0n) is 15.3. The van der Waals surface area contributed by atoms with Crippen molar-refractivity contribution in [3.8, 4) is 11.8 Å². The molecular weight excluding hydrogens is 308 g/mol. The molecule has 4 heteroatoms. The summed E-state index contributed by atoms with van der Waals surface area (Å²) in [5, 5.41) is 3.39. The molecule has 0 atom stereocenters. The lowest BCUT2D eigenvalue weighted by Crippen LogP contribution is -2.30. The van der Waals surface area contributed by atoms with E-state index in [0.29, 0.717) is 0 Å². The monoisotopic (exact) mass is 334 g/mol. The van der Waals surface area contributed by atoms with Gasteiger partial charge in [0.1, 0.15) is 12.1 Å². The van der Waals surface area contributed by atoms with Gasteiger partial charge in [-0.25, -0.2) is 9.97 Å². The maximum Gasteiger partial charge on any atom is 0.145 e. The normalized spacial score (nSPS) is 14.4. The molecule has 2 aromatic rings. The highest BCUT2D eigenvalue weighted by atomic mass is 15.1. The van der Waals surface area contributed by atoms with E-state index in [9.17, 15) is 0 Å². The van der Waals surface area contributed by atoms with E-state index in [1.807, 2.05) is 0 Å². The van der Waals surface area contributed by atoms with Crippen molar-refractivity contribution in [2.75, 3.05) is 25.0 Å². The highest BCUT2D eigenvalue weighted by molar-refractivity contribution is 5.52. The van der Waals surface area contributed by atoms with Gasteiger partial charge in [0.15, 0.2) is 0 Å². The Morgan fingerprint density at radius 2 is 2.00 bits per heavy atom. The first kappa shape index (κ1) is 17.4. The number of aromatic nitrogens is 2. The number of hydrogen-bond donors (Lipinski definition) is 1. The predicted molar refractivity (Wildman–Crippen MR) is 102 cm³/mol. The summed E-state index contributed by atoms with van der Waals surface area (Å²) in [7, 11) is 0. The Bertz CT molecular complexity index is 780. The lowest BCUT2D eigenvalue weighted by atomic mass is 9.97. The molecule has 3 rings (SSSR count). The molecule has 0 saturated heterocycles. The third-order valence-corrected chi connectivity index (χ3v) is 4.23. The van der Waals surface area contributed by atoms with Gasteiger partial charge in [0.25, 0.3) is 0 Å². The minimum Gasteiger partial charge on any atom is -0.368 e. The molecule has 4 nitrogen and oxygen atoms in total. The van der Waals surface area contributed by atoms with Crippen LogP contribution in [-0.4, -0.2) is 34.5 Å². The summed E-state index contributed by atoms with van der Waals surface area (Å²) in [6, 6.07) is 8.68. The second-order valence-corrected chi connectivity index (χ2v) is 7.73. The van der Waals surface area contributed by atoms with Crippen LogP contribution < -0.4 is 5.32 Å². The molecule has 1 aromatic heterocycles. The Hall–Kier alpha value is -2.38. The summed E-state index contributed by atoms with van der Waals surface area (Å²) >= 11 is 0. The van der Waals surface area contributed by atoms with E-state index >= 15 is 0 Å². The number of nitrogens with zero attached hydrogens (tertiary/aromatic N) is 3. The van der Waals surface area contributed by atoms with Crippen molar-refractivity contribution in [1.82, 2.24) is 14.9 Å². The molecule has 0 saturated carbocycles. The number of hydrogen-bond acceptors (Lipinski definition) is 4. The first-order valence-corrected chi connectivity index (χ1v) is 8.83. The van der Waals surface area contributed by atoms with Gasteiger partial charge in [0.2, 0.25) is 0 Å². The van der Waals surface area contributed by atoms with E-state index in [0.717, 1.165) is 44.0 Å². The summed E-state index contributed by atoms with van der Waals surface area (Å²) in [6.45, 7) is 10.2. The van der Waals surface area contributed by atoms with Gasteiger partial charge in [0, 0.05) is 25.8 Å². The number of rotatable bonds is 3. The quantitative estimate of drug-likeness (QED) is 0.874. The number of fused-ring (bicyclic) bond motifs is 1. The lowest BCUT2D eigenvalue weighted by molar-refractivity contribution is 0.286. The summed E-state index contributed by atoms with van der Waals surface area (Å²) < 4.78 is 0. The Balaban J connectivity index is 1.63. The summed E-state index contributed by atoms with van der Waals surface area (Å²) in [5.41, 5.74) is 3.95. The topological polar surface area (TPSA) is 41.1 Å². The minimum absolute atomic E-state index is 0.191. The smallest absolute Gasteiger partial charge is 0.145 e. The zero-order chi connectivity index (χ0) is 17.7. The van der Waals surface area contributed by atoms with E-state index < -0.39 is 0 Å². The molecule has 25 heavy (non-hydrogen) atoms. The maximum absolute atomic E-state index is 4.34. The van der Waals surface area contributed by atoms with E-state index in [2.05, 4.69) is 77.1 Å². The summed E-state index contributed by atoms with van der Waals surface area (Å²) in [5.74, 6) is 7.36. The van der Waals surface area contributed by atoms with Crippen LogP contribution in [0.5, 0.6) is 0 Å². The highest BCUT2D eigenvalue weighted by Crippen LogP contribution is 2.18. The molecular formula is C21H26N4. The highest BCUT2D eigenvalue weighted by Gasteiger charge is 2.14. The van der Waals surface area contributed by atoms with Gasteiger partial charge in [-0.1, -0.05) is 56.9 Å². The van der Waals surface area contributed by atoms with Crippen molar-refractivity contribution in [3.05, 3.63) is 53.5 Å². The fraction of sp³-hybridized carbons (Fsp3) is 0.429. The van der Waals surface area contributed by atoms with Crippen LogP contribution in [0.4, 0.5) is 5.82 Å². The first-order valence-electron chi connectivity index (χ1n) is 8.83. The number of benzene rings is 1. The SMILES string of the molecule is CC(C)(C)CNc1ncncc1C#CCN1CCc2ccccc2C1. The molecule has 1 N–H and O–H groups in total. The fourth-order valence-electron chi connectivity index (χ4n) is 2.85. The van der Waals surface area contributed by atoms with Crippen LogP contribution in [0, 0.1) is 17.3 Å². The Labute approximate surface area is 150 Å². The predicted octanol–water partition coefficient (Wildman–Crippen LogP) is 3.34. The van der Waals surface area contributed by atoms with Crippen LogP contribution in [-0.2, 0) is 13.0 Å². The lowest BCUT2D eigenvalue weighted by Gasteiger charge is -2.26. The average molecular weight is 334 g/mol. The van der Waals surface area contributed by atoms with E-state index in [1.165, 1.54) is 11.1 Å². The molecule has 0 aliphatic carbocycles. The summed E-state index contributed by atoms with van der Waals surface area (Å²) in [4.78, 5) is 10.8. The minimum atomic E-state index is 0.191. The van der Waals surface area contributed by atoms with E-state index in [4.69, 9.17) is 0 Å². The molecule has 0 radical (unpaired) electrons. The third-order valence-electron chi connectivity index (χ3n) is 4.23. The van der Waals surface area contributed by atoms with Crippen LogP contribution in [0.3, 0.4) is 0 Å². The second-order valence-electron chi connectivity index (χ2n) is 7.73. The van der Waals surface area contributed by atoms with Crippen LogP contribution in [0.1, 0.15) is 37.5 Å². The Kier molecular flexibility index (Phi) is 5.35. The molecule has 2 heterocycles. The molecule has 1 aromatic carbocycles. The summed E-state index contributed by atoms with van der Waals surface area (Å²) in [6.07, 6.45) is 4.46. The van der Waals surface area contributed by atoms with Gasteiger partial charge in [-0.3, -0.25) is 4.90 Å². The maximum atomic E-state index is 4.34. The van der Waals surface area contributed by atoms with Crippen molar-refractivity contribution in [2.24, 2.45) is 5.41 Å². The fourth-order valence-corrected chi connectivity index (χ4v) is 2.85. The van der Waals surface area contributed by atoms with Crippen molar-refractivity contribution in [1.29, 1.82) is 0 Å². The van der Waals surface area contributed by atoms with Crippen molar-refractivity contribution >= 4 is 5.82 Å². The molecule has 0 fully saturated rings. The van der Waals surface area contributed by atoms with Gasteiger partial charge < -0.3 is 5.32 Å². The molecule has 0 amide bonds. The standard InChI is InChI=1S/C21H26N4/c1-21(2,3)15-23-20-18(13-22-16-24-20)9-6-11-25-12-10-17-7-4-5-8-19(17)14-25/h4-5,7-8,13,16H,10-12,14-15H2,1-3H3,(H,22,23,24). The van der Waals surface area contributed by atoms with Gasteiger partial charge in [-0.15, -0.1) is 0 Å². The van der Waals surface area contributed by atoms with Gasteiger partial charge in [0.05, 0.1) is 12.1 Å². The molecule has 0 unspecified atom stereocenters. The van der Waals surface area contributed by atoms with Crippen LogP contribution >= 0.6 is 0 Å². The molecule has 0 bridgehead atoms. The zero-order valence-corrected chi connectivity index (χ0v) is 15.3. The molecule has 1 aliphatic heterocycles. The van der Waals surface area contributed by atoms with Crippen molar-refractivity contribution in [3.63, 3.8) is 0 Å². The molecule has 0 spiro atoms. The third kappa shape index (κ3) is 5.04. The van der Waals surface area contributed by atoms with Crippen molar-refractivity contribution in [2.45, 2.75) is 33.7 Å². The van der Waals surface area contributed by atoms with Gasteiger partial charge >= 0.3 is 0 Å². The Morgan fingerprint density at radius 3 is 2.80 bits per heavy atom. The molecule has 130 valence electrons.